The van der Waals surface area contributed by atoms with E-state index >= 15 is 0 Å². The highest BCUT2D eigenvalue weighted by molar-refractivity contribution is 6.27. The standard InChI is InChI=1S/C9H9FN2O/c1-7(6-13)11-12-9-4-2-8(10)3-5-9/h2-6,12H,1H3/b11-7-. The van der Waals surface area contributed by atoms with Gasteiger partial charge in [-0.2, -0.15) is 5.10 Å². The van der Waals surface area contributed by atoms with E-state index in [1.165, 1.54) is 24.3 Å². The van der Waals surface area contributed by atoms with Crippen molar-refractivity contribution >= 4 is 17.7 Å². The summed E-state index contributed by atoms with van der Waals surface area (Å²) in [5, 5.41) is 3.72. The highest BCUT2D eigenvalue weighted by Gasteiger charge is 1.91. The van der Waals surface area contributed by atoms with E-state index in [1.54, 1.807) is 6.92 Å². The van der Waals surface area contributed by atoms with Gasteiger partial charge in [0, 0.05) is 0 Å². The lowest BCUT2D eigenvalue weighted by molar-refractivity contribution is -0.102. The summed E-state index contributed by atoms with van der Waals surface area (Å²) in [6, 6.07) is 5.70. The van der Waals surface area contributed by atoms with Crippen LogP contribution in [0.5, 0.6) is 0 Å². The van der Waals surface area contributed by atoms with Crippen molar-refractivity contribution in [3.63, 3.8) is 0 Å². The molecule has 0 spiro atoms. The minimum atomic E-state index is -0.304. The number of hydrogen-bond acceptors (Lipinski definition) is 3. The molecule has 0 saturated heterocycles. The van der Waals surface area contributed by atoms with E-state index in [9.17, 15) is 9.18 Å². The molecule has 1 aromatic carbocycles. The van der Waals surface area contributed by atoms with Gasteiger partial charge in [0.2, 0.25) is 0 Å². The summed E-state index contributed by atoms with van der Waals surface area (Å²) >= 11 is 0. The van der Waals surface area contributed by atoms with Crippen LogP contribution in [0.2, 0.25) is 0 Å². The van der Waals surface area contributed by atoms with Gasteiger partial charge >= 0.3 is 0 Å². The third-order valence-electron chi connectivity index (χ3n) is 1.38. The number of anilines is 1. The summed E-state index contributed by atoms with van der Waals surface area (Å²) in [6.07, 6.45) is 0.635. The van der Waals surface area contributed by atoms with E-state index in [-0.39, 0.29) is 5.82 Å². The molecule has 0 fully saturated rings. The Morgan fingerprint density at radius 1 is 1.46 bits per heavy atom. The number of carbonyl (C=O) groups excluding carboxylic acids is 1. The number of hydrogen-bond donors (Lipinski definition) is 1. The predicted molar refractivity (Wildman–Crippen MR) is 49.2 cm³/mol. The molecule has 0 heterocycles. The third kappa shape index (κ3) is 3.02. The van der Waals surface area contributed by atoms with E-state index in [4.69, 9.17) is 0 Å². The predicted octanol–water partition coefficient (Wildman–Crippen LogP) is 1.81. The Bertz CT molecular complexity index is 319. The van der Waals surface area contributed by atoms with Gasteiger partial charge in [-0.3, -0.25) is 10.2 Å². The molecule has 0 aliphatic rings. The maximum atomic E-state index is 12.4. The number of nitrogens with zero attached hydrogens (tertiary/aromatic N) is 1. The summed E-state index contributed by atoms with van der Waals surface area (Å²) in [7, 11) is 0. The molecule has 68 valence electrons. The van der Waals surface area contributed by atoms with Crippen LogP contribution in [0.3, 0.4) is 0 Å². The number of nitrogens with one attached hydrogen (secondary N) is 1. The molecule has 0 unspecified atom stereocenters. The van der Waals surface area contributed by atoms with Gasteiger partial charge in [0.25, 0.3) is 0 Å². The van der Waals surface area contributed by atoms with E-state index in [2.05, 4.69) is 10.5 Å². The molecule has 0 amide bonds. The van der Waals surface area contributed by atoms with Crippen LogP contribution in [0.1, 0.15) is 6.92 Å². The monoisotopic (exact) mass is 180 g/mol. The number of halogens is 1. The van der Waals surface area contributed by atoms with E-state index in [1.807, 2.05) is 0 Å². The molecule has 1 N–H and O–H groups in total. The Morgan fingerprint density at radius 3 is 2.62 bits per heavy atom. The van der Waals surface area contributed by atoms with Gasteiger partial charge in [0.05, 0.1) is 11.4 Å². The maximum absolute atomic E-state index is 12.4. The van der Waals surface area contributed by atoms with Crippen molar-refractivity contribution in [1.29, 1.82) is 0 Å². The summed E-state index contributed by atoms with van der Waals surface area (Å²) in [5.74, 6) is -0.304. The van der Waals surface area contributed by atoms with Gasteiger partial charge in [-0.15, -0.1) is 0 Å². The number of carbonyl (C=O) groups is 1. The van der Waals surface area contributed by atoms with Crippen LogP contribution in [0.4, 0.5) is 10.1 Å². The van der Waals surface area contributed by atoms with Crippen molar-refractivity contribution in [3.05, 3.63) is 30.1 Å². The second-order valence-electron chi connectivity index (χ2n) is 2.49. The fraction of sp³-hybridized carbons (Fsp3) is 0.111. The first-order chi connectivity index (χ1) is 6.22. The normalized spacial score (nSPS) is 11.1. The number of benzene rings is 1. The zero-order valence-electron chi connectivity index (χ0n) is 7.12. The van der Waals surface area contributed by atoms with Gasteiger partial charge in [-0.1, -0.05) is 0 Å². The smallest absolute Gasteiger partial charge is 0.165 e. The molecule has 0 bridgehead atoms. The lowest BCUT2D eigenvalue weighted by Crippen LogP contribution is -1.97. The van der Waals surface area contributed by atoms with E-state index < -0.39 is 0 Å². The number of aldehydes is 1. The molecule has 13 heavy (non-hydrogen) atoms. The van der Waals surface area contributed by atoms with Crippen LogP contribution in [0.15, 0.2) is 29.4 Å². The molecule has 0 saturated carbocycles. The quantitative estimate of drug-likeness (QED) is 0.438. The molecule has 0 aliphatic heterocycles. The topological polar surface area (TPSA) is 41.5 Å². The van der Waals surface area contributed by atoms with Crippen molar-refractivity contribution in [1.82, 2.24) is 0 Å². The molecule has 4 heteroatoms. The SMILES string of the molecule is C/C(C=O)=N/Nc1ccc(F)cc1. The average molecular weight is 180 g/mol. The van der Waals surface area contributed by atoms with Crippen LogP contribution < -0.4 is 5.43 Å². The van der Waals surface area contributed by atoms with Gasteiger partial charge < -0.3 is 0 Å². The first kappa shape index (κ1) is 9.38. The number of rotatable bonds is 3. The Labute approximate surface area is 75.3 Å². The van der Waals surface area contributed by atoms with E-state index in [0.29, 0.717) is 17.7 Å². The van der Waals surface area contributed by atoms with Crippen molar-refractivity contribution in [3.8, 4) is 0 Å². The summed E-state index contributed by atoms with van der Waals surface area (Å²) in [6.45, 7) is 1.57. The second kappa shape index (κ2) is 4.35. The van der Waals surface area contributed by atoms with Crippen LogP contribution in [0, 0.1) is 5.82 Å². The number of hydrazone groups is 1. The highest BCUT2D eigenvalue weighted by Crippen LogP contribution is 2.07. The molecule has 0 aliphatic carbocycles. The summed E-state index contributed by atoms with van der Waals surface area (Å²) in [4.78, 5) is 10.1. The van der Waals surface area contributed by atoms with Crippen LogP contribution in [0.25, 0.3) is 0 Å². The van der Waals surface area contributed by atoms with Crippen LogP contribution in [-0.2, 0) is 4.79 Å². The summed E-state index contributed by atoms with van der Waals surface area (Å²) in [5.41, 5.74) is 3.59. The van der Waals surface area contributed by atoms with E-state index in [0.717, 1.165) is 0 Å². The fourth-order valence-corrected chi connectivity index (χ4v) is 0.704. The van der Waals surface area contributed by atoms with Gasteiger partial charge in [0.15, 0.2) is 6.29 Å². The Kier molecular flexibility index (Phi) is 3.14. The molecule has 3 nitrogen and oxygen atoms in total. The highest BCUT2D eigenvalue weighted by atomic mass is 19.1. The van der Waals surface area contributed by atoms with Crippen LogP contribution >= 0.6 is 0 Å². The first-order valence-electron chi connectivity index (χ1n) is 3.73. The largest absolute Gasteiger partial charge is 0.296 e. The minimum absolute atomic E-state index is 0.304. The van der Waals surface area contributed by atoms with Crippen LogP contribution in [-0.4, -0.2) is 12.0 Å². The first-order valence-corrected chi connectivity index (χ1v) is 3.73. The Morgan fingerprint density at radius 2 is 2.08 bits per heavy atom. The second-order valence-corrected chi connectivity index (χ2v) is 2.49. The van der Waals surface area contributed by atoms with Crippen molar-refractivity contribution in [2.24, 2.45) is 5.10 Å². The lowest BCUT2D eigenvalue weighted by atomic mass is 10.3. The third-order valence-corrected chi connectivity index (χ3v) is 1.38. The van der Waals surface area contributed by atoms with Crippen molar-refractivity contribution in [2.75, 3.05) is 5.43 Å². The van der Waals surface area contributed by atoms with Crippen molar-refractivity contribution in [2.45, 2.75) is 6.92 Å². The zero-order chi connectivity index (χ0) is 9.68. The molecular formula is C9H9FN2O. The average Bonchev–Trinajstić information content (AvgIpc) is 2.16. The zero-order valence-corrected chi connectivity index (χ0v) is 7.12. The van der Waals surface area contributed by atoms with Gasteiger partial charge in [0.1, 0.15) is 5.82 Å². The summed E-state index contributed by atoms with van der Waals surface area (Å²) < 4.78 is 12.4. The van der Waals surface area contributed by atoms with Crippen molar-refractivity contribution < 1.29 is 9.18 Å². The minimum Gasteiger partial charge on any atom is -0.296 e. The Hall–Kier alpha value is -1.71. The molecule has 1 rings (SSSR count). The molecule has 0 atom stereocenters. The molecular weight excluding hydrogens is 171 g/mol. The molecule has 1 aromatic rings. The maximum Gasteiger partial charge on any atom is 0.165 e. The Balaban J connectivity index is 2.65. The lowest BCUT2D eigenvalue weighted by Gasteiger charge is -1.98. The van der Waals surface area contributed by atoms with Gasteiger partial charge in [-0.05, 0) is 31.2 Å². The van der Waals surface area contributed by atoms with Gasteiger partial charge in [-0.25, -0.2) is 4.39 Å². The molecule has 0 radical (unpaired) electrons. The fourth-order valence-electron chi connectivity index (χ4n) is 0.704. The molecule has 0 aromatic heterocycles.